The van der Waals surface area contributed by atoms with Gasteiger partial charge in [0.1, 0.15) is 24.0 Å². The number of carbonyl (C=O) groups is 2. The fraction of sp³-hybridized carbons (Fsp3) is 0.727. The molecule has 1 unspecified atom stereocenters. The highest BCUT2D eigenvalue weighted by atomic mass is 31.2. The average Bonchev–Trinajstić information content (AvgIpc) is 3.04. The van der Waals surface area contributed by atoms with Crippen molar-refractivity contribution in [3.05, 3.63) is 22.7 Å². The van der Waals surface area contributed by atoms with Crippen molar-refractivity contribution in [3.8, 4) is 0 Å². The zero-order valence-electron chi connectivity index (χ0n) is 22.2. The van der Waals surface area contributed by atoms with Crippen molar-refractivity contribution in [2.45, 2.75) is 77.0 Å². The lowest BCUT2D eigenvalue weighted by Crippen LogP contribution is -2.46. The van der Waals surface area contributed by atoms with Gasteiger partial charge in [-0.3, -0.25) is 18.7 Å². The van der Waals surface area contributed by atoms with E-state index in [9.17, 15) is 37.9 Å². The van der Waals surface area contributed by atoms with Gasteiger partial charge in [-0.05, 0) is 30.7 Å². The number of nitrogens with zero attached hydrogens (tertiary/aromatic N) is 2. The number of aliphatic hydroxyl groups excluding tert-OH is 1. The highest BCUT2D eigenvalue weighted by molar-refractivity contribution is 7.54. The maximum atomic E-state index is 14.9. The summed E-state index contributed by atoms with van der Waals surface area (Å²) in [6.07, 6.45) is -5.59. The van der Waals surface area contributed by atoms with Gasteiger partial charge in [-0.2, -0.15) is 13.8 Å². The number of alkyl halides is 2. The highest BCUT2D eigenvalue weighted by Crippen LogP contribution is 2.45. The van der Waals surface area contributed by atoms with Crippen LogP contribution in [0.3, 0.4) is 0 Å². The van der Waals surface area contributed by atoms with Gasteiger partial charge in [0.25, 0.3) is 0 Å². The molecule has 0 bridgehead atoms. The number of carboxylic acid groups (broad SMARTS) is 1. The maximum Gasteiger partial charge on any atom is 0.351 e. The first kappa shape index (κ1) is 32.7. The van der Waals surface area contributed by atoms with Crippen molar-refractivity contribution in [2.24, 2.45) is 11.8 Å². The summed E-state index contributed by atoms with van der Waals surface area (Å²) in [6, 6.07) is -1.55. The zero-order chi connectivity index (χ0) is 29.7. The third-order valence-corrected chi connectivity index (χ3v) is 7.57. The molecular weight excluding hydrogens is 547 g/mol. The molecule has 0 saturated carbocycles. The molecule has 1 aliphatic rings. The van der Waals surface area contributed by atoms with Crippen LogP contribution in [0.5, 0.6) is 0 Å². The number of hydrogen-bond donors (Lipinski definition) is 5. The molecule has 0 radical (unpaired) electrons. The van der Waals surface area contributed by atoms with Crippen LogP contribution in [-0.4, -0.2) is 75.6 Å². The number of nitrogens with two attached hydrogens (primary N) is 1. The Morgan fingerprint density at radius 3 is 2.31 bits per heavy atom. The summed E-state index contributed by atoms with van der Waals surface area (Å²) in [4.78, 5) is 39.7. The van der Waals surface area contributed by atoms with E-state index < -0.39 is 68.3 Å². The van der Waals surface area contributed by atoms with Gasteiger partial charge in [-0.1, -0.05) is 27.7 Å². The molecule has 1 aliphatic heterocycles. The molecule has 1 aromatic heterocycles. The summed E-state index contributed by atoms with van der Waals surface area (Å²) < 4.78 is 59.5. The monoisotopic (exact) mass is 583 g/mol. The number of esters is 1. The summed E-state index contributed by atoms with van der Waals surface area (Å²) in [5, 5.41) is 24.8. The number of nitrogen functional groups attached to an aromatic ring is 1. The van der Waals surface area contributed by atoms with Crippen LogP contribution in [0.1, 0.15) is 46.8 Å². The number of anilines is 1. The fourth-order valence-electron chi connectivity index (χ4n) is 3.91. The number of nitrogens with one attached hydrogen (secondary N) is 2. The minimum absolute atomic E-state index is 0.00713. The van der Waals surface area contributed by atoms with Gasteiger partial charge in [0, 0.05) is 6.20 Å². The van der Waals surface area contributed by atoms with Gasteiger partial charge in [0.15, 0.2) is 6.10 Å². The van der Waals surface area contributed by atoms with Crippen LogP contribution in [0.25, 0.3) is 0 Å². The van der Waals surface area contributed by atoms with Crippen LogP contribution in [0.15, 0.2) is 17.1 Å². The van der Waals surface area contributed by atoms with E-state index in [4.69, 9.17) is 19.7 Å². The minimum atomic E-state index is -4.51. The van der Waals surface area contributed by atoms with Crippen molar-refractivity contribution in [3.63, 3.8) is 0 Å². The van der Waals surface area contributed by atoms with Gasteiger partial charge in [-0.15, -0.1) is 0 Å². The van der Waals surface area contributed by atoms with Gasteiger partial charge in [0.05, 0.1) is 13.7 Å². The van der Waals surface area contributed by atoms with Crippen LogP contribution >= 0.6 is 7.67 Å². The summed E-state index contributed by atoms with van der Waals surface area (Å²) >= 11 is 0. The molecular formula is C22H36F2N5O9P. The molecule has 0 aromatic carbocycles. The maximum absolute atomic E-state index is 14.9. The van der Waals surface area contributed by atoms with Crippen molar-refractivity contribution in [2.75, 3.05) is 19.5 Å². The molecule has 14 nitrogen and oxygen atoms in total. The molecule has 0 aliphatic carbocycles. The fourth-order valence-corrected chi connectivity index (χ4v) is 5.73. The van der Waals surface area contributed by atoms with Crippen molar-refractivity contribution in [1.29, 1.82) is 0 Å². The lowest BCUT2D eigenvalue weighted by atomic mass is 10.1. The van der Waals surface area contributed by atoms with E-state index in [1.54, 1.807) is 27.7 Å². The van der Waals surface area contributed by atoms with Crippen LogP contribution in [-0.2, 0) is 28.2 Å². The quantitative estimate of drug-likeness (QED) is 0.154. The van der Waals surface area contributed by atoms with E-state index in [-0.39, 0.29) is 30.5 Å². The molecule has 6 atom stereocenters. The van der Waals surface area contributed by atoms with Gasteiger partial charge in [-0.25, -0.2) is 15.0 Å². The van der Waals surface area contributed by atoms with Gasteiger partial charge >= 0.3 is 31.2 Å². The topological polar surface area (TPSA) is 204 Å². The summed E-state index contributed by atoms with van der Waals surface area (Å²) in [7, 11) is -3.40. The van der Waals surface area contributed by atoms with E-state index >= 15 is 0 Å². The Hall–Kier alpha value is -2.49. The number of hydrogen-bond acceptors (Lipinski definition) is 10. The zero-order valence-corrected chi connectivity index (χ0v) is 23.1. The van der Waals surface area contributed by atoms with Crippen LogP contribution < -0.4 is 21.6 Å². The highest BCUT2D eigenvalue weighted by Gasteiger charge is 2.60. The minimum Gasteiger partial charge on any atom is -0.480 e. The Kier molecular flexibility index (Phi) is 11.1. The van der Waals surface area contributed by atoms with Crippen molar-refractivity contribution in [1.82, 2.24) is 19.7 Å². The molecule has 0 spiro atoms. The van der Waals surface area contributed by atoms with Gasteiger partial charge < -0.3 is 29.9 Å². The summed E-state index contributed by atoms with van der Waals surface area (Å²) in [6.45, 7) is 6.06. The Morgan fingerprint density at radius 1 is 1.23 bits per heavy atom. The predicted octanol–water partition coefficient (Wildman–Crippen LogP) is 1.11. The van der Waals surface area contributed by atoms with Crippen molar-refractivity contribution < 1.29 is 47.1 Å². The largest absolute Gasteiger partial charge is 0.480 e. The molecule has 39 heavy (non-hydrogen) atoms. The average molecular weight is 584 g/mol. The SMILES string of the molecule is COC(=O)[C@H](CC(C)C)NP(=O)(N[C@@H](CC(C)C)C(=O)O)OC[C@H]1O[C@@H](n2ccc(N)nc2=O)C(F)(F)[C@@H]1O. The van der Waals surface area contributed by atoms with E-state index in [1.165, 1.54) is 0 Å². The third kappa shape index (κ3) is 8.50. The molecule has 0 amide bonds. The number of aromatic nitrogens is 2. The molecule has 1 aromatic rings. The van der Waals surface area contributed by atoms with E-state index in [1.807, 2.05) is 0 Å². The Morgan fingerprint density at radius 2 is 1.79 bits per heavy atom. The van der Waals surface area contributed by atoms with E-state index in [0.29, 0.717) is 4.57 Å². The smallest absolute Gasteiger partial charge is 0.351 e. The van der Waals surface area contributed by atoms with Crippen LogP contribution in [0.4, 0.5) is 14.6 Å². The van der Waals surface area contributed by atoms with Gasteiger partial charge in [0.2, 0.25) is 6.23 Å². The van der Waals surface area contributed by atoms with E-state index in [2.05, 4.69) is 15.2 Å². The summed E-state index contributed by atoms with van der Waals surface area (Å²) in [5.74, 6) is -6.67. The summed E-state index contributed by atoms with van der Waals surface area (Å²) in [5.41, 5.74) is 4.24. The number of ether oxygens (including phenoxy) is 2. The molecule has 2 heterocycles. The number of methoxy groups -OCH3 is 1. The Bertz CT molecular complexity index is 1120. The molecule has 1 fully saturated rings. The normalized spacial score (nSPS) is 23.9. The number of halogens is 2. The number of carbonyl (C=O) groups excluding carboxylic acids is 1. The lowest BCUT2D eigenvalue weighted by molar-refractivity contribution is -0.143. The molecule has 17 heteroatoms. The van der Waals surface area contributed by atoms with Crippen LogP contribution in [0.2, 0.25) is 0 Å². The second-order valence-electron chi connectivity index (χ2n) is 10.0. The standard InChI is InChI=1S/C22H36F2N5O9P/c1-11(2)8-13(18(31)32)27-39(35,28-14(9-12(3)4)19(33)36-5)37-10-15-17(30)22(23,24)20(38-15)29-7-6-16(25)26-21(29)34/h6-7,11-15,17,20,30H,8-10H2,1-5H3,(H,31,32)(H2,25,26,34)(H2,27,28,35)/t13-,14-,15+,17+,20+,39?/m0/s1. The number of rotatable bonds is 14. The molecule has 222 valence electrons. The Balaban J connectivity index is 2.35. The third-order valence-electron chi connectivity index (χ3n) is 5.75. The Labute approximate surface area is 223 Å². The van der Waals surface area contributed by atoms with Crippen molar-refractivity contribution >= 4 is 25.4 Å². The molecule has 6 N–H and O–H groups in total. The molecule has 2 rings (SSSR count). The first-order chi connectivity index (χ1) is 18.0. The first-order valence-electron chi connectivity index (χ1n) is 12.2. The second kappa shape index (κ2) is 13.2. The van der Waals surface area contributed by atoms with Crippen LogP contribution in [0, 0.1) is 11.8 Å². The lowest BCUT2D eigenvalue weighted by Gasteiger charge is -2.29. The van der Waals surface area contributed by atoms with E-state index in [0.717, 1.165) is 19.4 Å². The number of aliphatic hydroxyl groups is 1. The number of aliphatic carboxylic acids is 1. The first-order valence-corrected chi connectivity index (χ1v) is 13.8. The second-order valence-corrected chi connectivity index (χ2v) is 11.9. The molecule has 1 saturated heterocycles. The predicted molar refractivity (Wildman–Crippen MR) is 134 cm³/mol. The number of carboxylic acids is 1.